The van der Waals surface area contributed by atoms with E-state index in [0.717, 1.165) is 19.3 Å². The van der Waals surface area contributed by atoms with Crippen LogP contribution in [0.3, 0.4) is 0 Å². The number of allylic oxidation sites excluding steroid dienone is 6. The quantitative estimate of drug-likeness (QED) is 0.00990. The van der Waals surface area contributed by atoms with Gasteiger partial charge in [0.25, 0.3) is 0 Å². The number of quaternary nitrogens is 1. The Morgan fingerprint density at radius 1 is 0.639 bits per heavy atom. The number of phosphoric ester groups is 1. The number of rotatable bonds is 41. The second kappa shape index (κ2) is 39.4. The summed E-state index contributed by atoms with van der Waals surface area (Å²) in [7, 11) is 1.41. The molecule has 6 atom stereocenters. The SMILES string of the molecule is CCCCCCCCCCCCCCCCCCOCC(COP(=O)(O)OCC[N+](C)(C)C)OC(=O)CCC(O)/C=C/C(O)/C=C/C=C/C=C\C(O)C/C=C/C/C=C\C(C)O. The third-order valence-electron chi connectivity index (χ3n) is 9.56. The van der Waals surface area contributed by atoms with Crippen molar-refractivity contribution in [2.24, 2.45) is 0 Å². The largest absolute Gasteiger partial charge is 0.472 e. The van der Waals surface area contributed by atoms with Gasteiger partial charge in [0.15, 0.2) is 0 Å². The maximum absolute atomic E-state index is 12.7. The minimum atomic E-state index is -4.39. The molecule has 0 heterocycles. The first kappa shape index (κ1) is 58.8. The summed E-state index contributed by atoms with van der Waals surface area (Å²) in [5.41, 5.74) is 0. The summed E-state index contributed by atoms with van der Waals surface area (Å²) < 4.78 is 34.7. The average Bonchev–Trinajstić information content (AvgIpc) is 3.19. The maximum atomic E-state index is 12.7. The molecule has 0 aliphatic rings. The van der Waals surface area contributed by atoms with Crippen LogP contribution in [0.4, 0.5) is 0 Å². The molecule has 61 heavy (non-hydrogen) atoms. The van der Waals surface area contributed by atoms with Gasteiger partial charge in [-0.2, -0.15) is 0 Å². The minimum absolute atomic E-state index is 0.0113. The van der Waals surface area contributed by atoms with Gasteiger partial charge in [0, 0.05) is 13.0 Å². The second-order valence-electron chi connectivity index (χ2n) is 16.9. The van der Waals surface area contributed by atoms with Crippen LogP contribution in [-0.4, -0.2) is 120 Å². The molecule has 0 radical (unpaired) electrons. The number of phosphoric acid groups is 1. The lowest BCUT2D eigenvalue weighted by atomic mass is 10.0. The van der Waals surface area contributed by atoms with E-state index >= 15 is 0 Å². The molecule has 0 aliphatic heterocycles. The number of unbranched alkanes of at least 4 members (excludes halogenated alkanes) is 15. The van der Waals surface area contributed by atoms with Crippen molar-refractivity contribution in [3.63, 3.8) is 0 Å². The number of ether oxygens (including phenoxy) is 2. The molecule has 6 unspecified atom stereocenters. The number of nitrogens with zero attached hydrogens (tertiary/aromatic N) is 1. The monoisotopic (exact) mass is 885 g/mol. The van der Waals surface area contributed by atoms with E-state index in [1.54, 1.807) is 43.4 Å². The molecule has 5 N–H and O–H groups in total. The molecule has 13 heteroatoms. The van der Waals surface area contributed by atoms with Gasteiger partial charge in [-0.05, 0) is 32.6 Å². The Labute approximate surface area is 370 Å². The highest BCUT2D eigenvalue weighted by Gasteiger charge is 2.26. The number of aliphatic hydroxyl groups excluding tert-OH is 4. The van der Waals surface area contributed by atoms with Crippen molar-refractivity contribution in [3.05, 3.63) is 72.9 Å². The highest BCUT2D eigenvalue weighted by Crippen LogP contribution is 2.43. The lowest BCUT2D eigenvalue weighted by Crippen LogP contribution is -2.37. The van der Waals surface area contributed by atoms with Gasteiger partial charge >= 0.3 is 13.8 Å². The van der Waals surface area contributed by atoms with Crippen molar-refractivity contribution in [2.75, 3.05) is 54.1 Å². The molecule has 0 spiro atoms. The minimum Gasteiger partial charge on any atom is -0.457 e. The van der Waals surface area contributed by atoms with Crippen molar-refractivity contribution >= 4 is 13.8 Å². The lowest BCUT2D eigenvalue weighted by Gasteiger charge is -2.24. The molecule has 0 aromatic rings. The summed E-state index contributed by atoms with van der Waals surface area (Å²) >= 11 is 0. The van der Waals surface area contributed by atoms with Crippen LogP contribution < -0.4 is 0 Å². The molecule has 0 aliphatic carbocycles. The predicted octanol–water partition coefficient (Wildman–Crippen LogP) is 9.38. The molecule has 0 fully saturated rings. The van der Waals surface area contributed by atoms with Crippen LogP contribution in [0.15, 0.2) is 72.9 Å². The Morgan fingerprint density at radius 3 is 1.79 bits per heavy atom. The van der Waals surface area contributed by atoms with Crippen molar-refractivity contribution in [1.82, 2.24) is 0 Å². The summed E-state index contributed by atoms with van der Waals surface area (Å²) in [6.07, 6.45) is 37.4. The summed E-state index contributed by atoms with van der Waals surface area (Å²) in [5, 5.41) is 39.8. The number of aliphatic hydroxyl groups is 4. The van der Waals surface area contributed by atoms with Crippen LogP contribution in [-0.2, 0) is 27.9 Å². The van der Waals surface area contributed by atoms with E-state index in [9.17, 15) is 34.7 Å². The molecule has 0 amide bonds. The Balaban J connectivity index is 4.62. The first-order valence-electron chi connectivity index (χ1n) is 23.1. The van der Waals surface area contributed by atoms with Crippen LogP contribution in [0.25, 0.3) is 0 Å². The molecular weight excluding hydrogens is 797 g/mol. The van der Waals surface area contributed by atoms with E-state index in [1.165, 1.54) is 102 Å². The molecule has 0 saturated carbocycles. The highest BCUT2D eigenvalue weighted by molar-refractivity contribution is 7.47. The number of esters is 1. The third kappa shape index (κ3) is 44.2. The molecule has 0 saturated heterocycles. The van der Waals surface area contributed by atoms with E-state index in [-0.39, 0.29) is 26.1 Å². The Bertz CT molecular complexity index is 1270. The molecule has 354 valence electrons. The molecule has 0 bridgehead atoms. The zero-order valence-electron chi connectivity index (χ0n) is 38.6. The first-order chi connectivity index (χ1) is 29.1. The van der Waals surface area contributed by atoms with Crippen molar-refractivity contribution < 1.29 is 57.7 Å². The Hall–Kier alpha value is -2.22. The number of carbonyl (C=O) groups is 1. The summed E-state index contributed by atoms with van der Waals surface area (Å²) in [6, 6.07) is 0. The average molecular weight is 885 g/mol. The third-order valence-corrected chi connectivity index (χ3v) is 10.5. The van der Waals surface area contributed by atoms with Gasteiger partial charge in [-0.1, -0.05) is 176 Å². The van der Waals surface area contributed by atoms with Gasteiger partial charge in [0.05, 0.1) is 58.8 Å². The molecule has 12 nitrogen and oxygen atoms in total. The first-order valence-corrected chi connectivity index (χ1v) is 24.6. The lowest BCUT2D eigenvalue weighted by molar-refractivity contribution is -0.870. The molecule has 0 rings (SSSR count). The molecular formula is C48H87NO11P+. The van der Waals surface area contributed by atoms with E-state index in [0.29, 0.717) is 30.5 Å². The van der Waals surface area contributed by atoms with Gasteiger partial charge in [-0.15, -0.1) is 0 Å². The Morgan fingerprint density at radius 2 is 1.21 bits per heavy atom. The van der Waals surface area contributed by atoms with E-state index < -0.39 is 50.9 Å². The number of carbonyl (C=O) groups excluding carboxylic acids is 1. The maximum Gasteiger partial charge on any atom is 0.472 e. The number of hydrogen-bond acceptors (Lipinski definition) is 10. The highest BCUT2D eigenvalue weighted by atomic mass is 31.2. The van der Waals surface area contributed by atoms with Crippen LogP contribution in [0.5, 0.6) is 0 Å². The van der Waals surface area contributed by atoms with E-state index in [2.05, 4.69) is 6.92 Å². The second-order valence-corrected chi connectivity index (χ2v) is 18.4. The van der Waals surface area contributed by atoms with Crippen LogP contribution >= 0.6 is 7.82 Å². The predicted molar refractivity (Wildman–Crippen MR) is 248 cm³/mol. The standard InChI is InChI=1S/C48H86NO11P/c1-6-7-8-9-10-11-12-13-14-15-16-17-18-19-24-29-39-57-41-47(42-59-61(55,56)58-40-38-49(3,4)5)60-48(54)37-36-46(53)35-34-45(52)33-28-23-22-27-32-44(51)31-26-21-20-25-30-43(2)50/h21-23,25-28,30,32-35,43-47,50-53H,6-20,24,29,31,36-42H2,1-5H3/p+1/b23-22+,26-21+,30-25-,32-27-,33-28+,35-34+. The van der Waals surface area contributed by atoms with Gasteiger partial charge in [-0.25, -0.2) is 4.57 Å². The normalized spacial score (nSPS) is 16.4. The molecule has 0 aromatic carbocycles. The number of likely N-dealkylation sites (N-methyl/N-ethyl adjacent to an activating group) is 1. The smallest absolute Gasteiger partial charge is 0.457 e. The topological polar surface area (TPSA) is 172 Å². The van der Waals surface area contributed by atoms with Gasteiger partial charge in [-0.3, -0.25) is 13.8 Å². The Kier molecular flexibility index (Phi) is 37.9. The van der Waals surface area contributed by atoms with Gasteiger partial charge in [0.1, 0.15) is 19.3 Å². The fourth-order valence-corrected chi connectivity index (χ4v) is 6.65. The van der Waals surface area contributed by atoms with Crippen LogP contribution in [0.2, 0.25) is 0 Å². The zero-order valence-corrected chi connectivity index (χ0v) is 39.5. The van der Waals surface area contributed by atoms with Crippen molar-refractivity contribution in [3.8, 4) is 0 Å². The molecule has 0 aromatic heterocycles. The van der Waals surface area contributed by atoms with Crippen LogP contribution in [0.1, 0.15) is 142 Å². The van der Waals surface area contributed by atoms with Crippen molar-refractivity contribution in [1.29, 1.82) is 0 Å². The zero-order chi connectivity index (χ0) is 45.5. The van der Waals surface area contributed by atoms with Gasteiger partial charge < -0.3 is 39.3 Å². The number of hydrogen-bond donors (Lipinski definition) is 5. The fraction of sp³-hybridized carbons (Fsp3) is 0.729. The van der Waals surface area contributed by atoms with E-state index in [4.69, 9.17) is 18.5 Å². The van der Waals surface area contributed by atoms with Gasteiger partial charge in [0.2, 0.25) is 0 Å². The van der Waals surface area contributed by atoms with Crippen LogP contribution in [0, 0.1) is 0 Å². The van der Waals surface area contributed by atoms with Crippen molar-refractivity contribution in [2.45, 2.75) is 173 Å². The van der Waals surface area contributed by atoms with E-state index in [1.807, 2.05) is 39.4 Å². The summed E-state index contributed by atoms with van der Waals surface area (Å²) in [4.78, 5) is 22.9. The fourth-order valence-electron chi connectivity index (χ4n) is 5.90. The summed E-state index contributed by atoms with van der Waals surface area (Å²) in [6.45, 7) is 4.50. The summed E-state index contributed by atoms with van der Waals surface area (Å²) in [5.74, 6) is -0.629.